The lowest BCUT2D eigenvalue weighted by Crippen LogP contribution is -2.34. The second kappa shape index (κ2) is 5.28. The lowest BCUT2D eigenvalue weighted by atomic mass is 10.2. The molecule has 0 aliphatic heterocycles. The Morgan fingerprint density at radius 1 is 1.28 bits per heavy atom. The van der Waals surface area contributed by atoms with Crippen LogP contribution in [0.3, 0.4) is 0 Å². The molecule has 1 aromatic rings. The summed E-state index contributed by atoms with van der Waals surface area (Å²) < 4.78 is 23.3. The van der Waals surface area contributed by atoms with E-state index in [1.807, 2.05) is 24.3 Å². The highest BCUT2D eigenvalue weighted by molar-refractivity contribution is 7.91. The summed E-state index contributed by atoms with van der Waals surface area (Å²) in [5.41, 5.74) is 1.76. The highest BCUT2D eigenvalue weighted by Crippen LogP contribution is 2.28. The van der Waals surface area contributed by atoms with Crippen molar-refractivity contribution in [3.8, 4) is 0 Å². The van der Waals surface area contributed by atoms with Gasteiger partial charge in [-0.3, -0.25) is 0 Å². The lowest BCUT2D eigenvalue weighted by molar-refractivity contribution is 0.282. The fourth-order valence-electron chi connectivity index (χ4n) is 2.52. The van der Waals surface area contributed by atoms with Crippen LogP contribution in [0.1, 0.15) is 24.8 Å². The topological polar surface area (TPSA) is 66.4 Å². The zero-order chi connectivity index (χ0) is 13.2. The van der Waals surface area contributed by atoms with Gasteiger partial charge in [-0.15, -0.1) is 0 Å². The van der Waals surface area contributed by atoms with E-state index in [1.165, 1.54) is 6.26 Å². The van der Waals surface area contributed by atoms with E-state index in [2.05, 4.69) is 5.32 Å². The molecule has 1 fully saturated rings. The fourth-order valence-corrected chi connectivity index (χ4v) is 3.92. The summed E-state index contributed by atoms with van der Waals surface area (Å²) in [5.74, 6) is 0. The summed E-state index contributed by atoms with van der Waals surface area (Å²) in [6.07, 6.45) is 3.89. The Bertz CT molecular complexity index is 495. The van der Waals surface area contributed by atoms with E-state index in [4.69, 9.17) is 5.11 Å². The molecule has 2 N–H and O–H groups in total. The zero-order valence-electron chi connectivity index (χ0n) is 10.5. The molecule has 0 heterocycles. The van der Waals surface area contributed by atoms with Crippen LogP contribution < -0.4 is 5.32 Å². The molecule has 5 heteroatoms. The first-order valence-electron chi connectivity index (χ1n) is 6.16. The van der Waals surface area contributed by atoms with Gasteiger partial charge in [-0.25, -0.2) is 8.42 Å². The molecule has 2 atom stereocenters. The van der Waals surface area contributed by atoms with Crippen LogP contribution >= 0.6 is 0 Å². The number of hydrogen-bond acceptors (Lipinski definition) is 4. The first-order valence-corrected chi connectivity index (χ1v) is 8.11. The van der Waals surface area contributed by atoms with E-state index in [1.54, 1.807) is 0 Å². The molecule has 0 bridgehead atoms. The summed E-state index contributed by atoms with van der Waals surface area (Å²) in [7, 11) is -2.99. The molecule has 0 spiro atoms. The van der Waals surface area contributed by atoms with E-state index >= 15 is 0 Å². The number of rotatable bonds is 4. The molecular weight excluding hydrogens is 250 g/mol. The van der Waals surface area contributed by atoms with Crippen molar-refractivity contribution in [3.63, 3.8) is 0 Å². The molecule has 1 aliphatic carbocycles. The minimum Gasteiger partial charge on any atom is -0.392 e. The SMILES string of the molecule is CS(=O)(=O)C1CCCC1Nc1ccc(CO)cc1. The van der Waals surface area contributed by atoms with Crippen molar-refractivity contribution in [2.45, 2.75) is 37.2 Å². The second-order valence-corrected chi connectivity index (χ2v) is 7.17. The van der Waals surface area contributed by atoms with Gasteiger partial charge in [0.1, 0.15) is 0 Å². The van der Waals surface area contributed by atoms with Gasteiger partial charge in [0.25, 0.3) is 0 Å². The quantitative estimate of drug-likeness (QED) is 0.870. The van der Waals surface area contributed by atoms with Crippen LogP contribution in [0.2, 0.25) is 0 Å². The van der Waals surface area contributed by atoms with E-state index < -0.39 is 9.84 Å². The summed E-state index contributed by atoms with van der Waals surface area (Å²) in [6.45, 7) is 0.0235. The normalized spacial score (nSPS) is 24.1. The standard InChI is InChI=1S/C13H19NO3S/c1-18(16,17)13-4-2-3-12(13)14-11-7-5-10(9-15)6-8-11/h5-8,12-15H,2-4,9H2,1H3. The van der Waals surface area contributed by atoms with E-state index in [-0.39, 0.29) is 17.9 Å². The zero-order valence-corrected chi connectivity index (χ0v) is 11.3. The summed E-state index contributed by atoms with van der Waals surface area (Å²) in [5, 5.41) is 12.0. The van der Waals surface area contributed by atoms with Gasteiger partial charge in [-0.2, -0.15) is 0 Å². The number of hydrogen-bond donors (Lipinski definition) is 2. The van der Waals surface area contributed by atoms with E-state index in [0.29, 0.717) is 0 Å². The van der Waals surface area contributed by atoms with Gasteiger partial charge in [0.15, 0.2) is 9.84 Å². The molecule has 0 radical (unpaired) electrons. The smallest absolute Gasteiger partial charge is 0.152 e. The summed E-state index contributed by atoms with van der Waals surface area (Å²) in [6, 6.07) is 7.44. The average Bonchev–Trinajstić information content (AvgIpc) is 2.78. The maximum atomic E-state index is 11.7. The maximum absolute atomic E-state index is 11.7. The predicted molar refractivity (Wildman–Crippen MR) is 72.3 cm³/mol. The van der Waals surface area contributed by atoms with Gasteiger partial charge >= 0.3 is 0 Å². The number of sulfone groups is 1. The van der Waals surface area contributed by atoms with Crippen molar-refractivity contribution >= 4 is 15.5 Å². The number of anilines is 1. The Kier molecular flexibility index (Phi) is 3.92. The molecule has 2 rings (SSSR count). The van der Waals surface area contributed by atoms with Gasteiger partial charge < -0.3 is 10.4 Å². The molecule has 0 amide bonds. The summed E-state index contributed by atoms with van der Waals surface area (Å²) >= 11 is 0. The van der Waals surface area contributed by atoms with Crippen LogP contribution in [0.15, 0.2) is 24.3 Å². The Labute approximate surface area is 108 Å². The number of aliphatic hydroxyl groups is 1. The number of nitrogens with one attached hydrogen (secondary N) is 1. The first kappa shape index (κ1) is 13.4. The Hall–Kier alpha value is -1.07. The van der Waals surface area contributed by atoms with Crippen LogP contribution in [-0.2, 0) is 16.4 Å². The fraction of sp³-hybridized carbons (Fsp3) is 0.538. The van der Waals surface area contributed by atoms with Crippen LogP contribution in [0.5, 0.6) is 0 Å². The third kappa shape index (κ3) is 3.03. The van der Waals surface area contributed by atoms with E-state index in [9.17, 15) is 8.42 Å². The monoisotopic (exact) mass is 269 g/mol. The predicted octanol–water partition coefficient (Wildman–Crippen LogP) is 1.56. The highest BCUT2D eigenvalue weighted by atomic mass is 32.2. The van der Waals surface area contributed by atoms with Crippen LogP contribution in [0.25, 0.3) is 0 Å². The number of benzene rings is 1. The molecule has 0 aromatic heterocycles. The molecule has 1 aromatic carbocycles. The molecule has 100 valence electrons. The molecule has 0 saturated heterocycles. The van der Waals surface area contributed by atoms with Crippen molar-refractivity contribution in [1.82, 2.24) is 0 Å². The van der Waals surface area contributed by atoms with Gasteiger partial charge in [0.05, 0.1) is 11.9 Å². The van der Waals surface area contributed by atoms with Gasteiger partial charge in [0, 0.05) is 18.0 Å². The molecule has 1 saturated carbocycles. The highest BCUT2D eigenvalue weighted by Gasteiger charge is 2.34. The van der Waals surface area contributed by atoms with Gasteiger partial charge in [-0.05, 0) is 37.0 Å². The number of aliphatic hydroxyl groups excluding tert-OH is 1. The van der Waals surface area contributed by atoms with Gasteiger partial charge in [-0.1, -0.05) is 12.1 Å². The average molecular weight is 269 g/mol. The van der Waals surface area contributed by atoms with Crippen molar-refractivity contribution in [3.05, 3.63) is 29.8 Å². The van der Waals surface area contributed by atoms with Crippen LogP contribution in [0, 0.1) is 0 Å². The molecule has 4 nitrogen and oxygen atoms in total. The largest absolute Gasteiger partial charge is 0.392 e. The third-order valence-electron chi connectivity index (χ3n) is 3.49. The summed E-state index contributed by atoms with van der Waals surface area (Å²) in [4.78, 5) is 0. The maximum Gasteiger partial charge on any atom is 0.152 e. The van der Waals surface area contributed by atoms with Crippen LogP contribution in [0.4, 0.5) is 5.69 Å². The van der Waals surface area contributed by atoms with Crippen LogP contribution in [-0.4, -0.2) is 31.1 Å². The molecule has 18 heavy (non-hydrogen) atoms. The Morgan fingerprint density at radius 3 is 2.50 bits per heavy atom. The molecule has 2 unspecified atom stereocenters. The molecular formula is C13H19NO3S. The lowest BCUT2D eigenvalue weighted by Gasteiger charge is -2.20. The second-order valence-electron chi connectivity index (χ2n) is 4.90. The van der Waals surface area contributed by atoms with Crippen molar-refractivity contribution in [2.75, 3.05) is 11.6 Å². The minimum absolute atomic E-state index is 0.0000217. The van der Waals surface area contributed by atoms with Crippen molar-refractivity contribution < 1.29 is 13.5 Å². The van der Waals surface area contributed by atoms with Crippen molar-refractivity contribution in [1.29, 1.82) is 0 Å². The van der Waals surface area contributed by atoms with E-state index in [0.717, 1.165) is 30.5 Å². The molecule has 1 aliphatic rings. The van der Waals surface area contributed by atoms with Gasteiger partial charge in [0.2, 0.25) is 0 Å². The first-order chi connectivity index (χ1) is 8.50. The minimum atomic E-state index is -2.99. The Balaban J connectivity index is 2.08. The van der Waals surface area contributed by atoms with Crippen molar-refractivity contribution in [2.24, 2.45) is 0 Å². The third-order valence-corrected chi connectivity index (χ3v) is 5.16. The Morgan fingerprint density at radius 2 is 1.94 bits per heavy atom.